The zero-order valence-corrected chi connectivity index (χ0v) is 13.9. The van der Waals surface area contributed by atoms with Crippen LogP contribution in [0.1, 0.15) is 56.8 Å². The van der Waals surface area contributed by atoms with Gasteiger partial charge in [0, 0.05) is 11.6 Å². The fourth-order valence-electron chi connectivity index (χ4n) is 2.31. The maximum atomic E-state index is 6.24. The molecule has 0 aliphatic heterocycles. The number of benzene rings is 1. The molecule has 0 saturated heterocycles. The molecule has 21 heavy (non-hydrogen) atoms. The Bertz CT molecular complexity index is 521. The molecule has 0 saturated carbocycles. The van der Waals surface area contributed by atoms with E-state index in [0.717, 1.165) is 18.6 Å². The highest BCUT2D eigenvalue weighted by Crippen LogP contribution is 2.28. The van der Waals surface area contributed by atoms with Gasteiger partial charge in [-0.25, -0.2) is 0 Å². The van der Waals surface area contributed by atoms with Gasteiger partial charge in [-0.05, 0) is 53.3 Å². The van der Waals surface area contributed by atoms with Gasteiger partial charge in [0.25, 0.3) is 0 Å². The molecule has 0 aliphatic rings. The molecular weight excluding hydrogens is 278 g/mol. The highest BCUT2D eigenvalue weighted by molar-refractivity contribution is 7.07. The van der Waals surface area contributed by atoms with Crippen molar-refractivity contribution in [3.63, 3.8) is 0 Å². The molecule has 114 valence electrons. The van der Waals surface area contributed by atoms with E-state index < -0.39 is 0 Å². The Morgan fingerprint density at radius 2 is 1.76 bits per heavy atom. The molecule has 0 bridgehead atoms. The Morgan fingerprint density at radius 3 is 2.29 bits per heavy atom. The Hall–Kier alpha value is -1.32. The highest BCUT2D eigenvalue weighted by atomic mass is 32.1. The van der Waals surface area contributed by atoms with Gasteiger partial charge < -0.3 is 10.5 Å². The maximum absolute atomic E-state index is 6.24. The Balaban J connectivity index is 2.13. The molecule has 3 atom stereocenters. The highest BCUT2D eigenvalue weighted by Gasteiger charge is 2.21. The summed E-state index contributed by atoms with van der Waals surface area (Å²) in [7, 11) is 0. The van der Waals surface area contributed by atoms with E-state index in [9.17, 15) is 0 Å². The number of ether oxygens (including phenoxy) is 1. The lowest BCUT2D eigenvalue weighted by molar-refractivity contribution is 0.171. The van der Waals surface area contributed by atoms with Crippen LogP contribution in [0.5, 0.6) is 5.75 Å². The average Bonchev–Trinajstić information content (AvgIpc) is 3.05. The lowest BCUT2D eigenvalue weighted by Gasteiger charge is -2.24. The smallest absolute Gasteiger partial charge is 0.140 e. The van der Waals surface area contributed by atoms with Gasteiger partial charge in [-0.1, -0.05) is 32.9 Å². The summed E-state index contributed by atoms with van der Waals surface area (Å²) in [4.78, 5) is 0. The third-order valence-corrected chi connectivity index (χ3v) is 4.76. The van der Waals surface area contributed by atoms with Crippen molar-refractivity contribution in [2.75, 3.05) is 0 Å². The van der Waals surface area contributed by atoms with Crippen molar-refractivity contribution in [3.05, 3.63) is 52.2 Å². The molecule has 0 amide bonds. The first kappa shape index (κ1) is 16.1. The summed E-state index contributed by atoms with van der Waals surface area (Å²) >= 11 is 1.68. The third kappa shape index (κ3) is 4.08. The second-order valence-electron chi connectivity index (χ2n) is 5.55. The van der Waals surface area contributed by atoms with Gasteiger partial charge in [0.2, 0.25) is 0 Å². The molecule has 1 aromatic heterocycles. The minimum atomic E-state index is -0.0734. The van der Waals surface area contributed by atoms with Crippen molar-refractivity contribution in [2.24, 2.45) is 5.73 Å². The van der Waals surface area contributed by atoms with Crippen LogP contribution in [0, 0.1) is 0 Å². The van der Waals surface area contributed by atoms with Gasteiger partial charge in [0.05, 0.1) is 0 Å². The van der Waals surface area contributed by atoms with Crippen LogP contribution in [0.4, 0.5) is 0 Å². The van der Waals surface area contributed by atoms with E-state index >= 15 is 0 Å². The summed E-state index contributed by atoms with van der Waals surface area (Å²) in [5.41, 5.74) is 8.76. The van der Waals surface area contributed by atoms with Crippen LogP contribution >= 0.6 is 11.3 Å². The van der Waals surface area contributed by atoms with E-state index in [-0.39, 0.29) is 12.1 Å². The topological polar surface area (TPSA) is 35.2 Å². The second kappa shape index (κ2) is 7.62. The number of nitrogens with two attached hydrogens (primary N) is 1. The van der Waals surface area contributed by atoms with Gasteiger partial charge in [-0.3, -0.25) is 0 Å². The van der Waals surface area contributed by atoms with Crippen molar-refractivity contribution in [3.8, 4) is 5.75 Å². The summed E-state index contributed by atoms with van der Waals surface area (Å²) in [6, 6.07) is 10.5. The molecule has 1 aromatic carbocycles. The zero-order chi connectivity index (χ0) is 15.2. The molecule has 3 heteroatoms. The molecular formula is C18H25NOS. The van der Waals surface area contributed by atoms with Crippen LogP contribution in [-0.4, -0.2) is 6.04 Å². The van der Waals surface area contributed by atoms with Crippen molar-refractivity contribution >= 4 is 11.3 Å². The Kier molecular flexibility index (Phi) is 5.83. The van der Waals surface area contributed by atoms with E-state index in [4.69, 9.17) is 10.5 Å². The predicted octanol–water partition coefficient (Wildman–Crippen LogP) is 5.12. The fourth-order valence-corrected chi connectivity index (χ4v) is 2.99. The third-order valence-electron chi connectivity index (χ3n) is 4.06. The minimum Gasteiger partial charge on any atom is -0.484 e. The number of hydrogen-bond acceptors (Lipinski definition) is 3. The van der Waals surface area contributed by atoms with E-state index in [1.807, 2.05) is 0 Å². The Labute approximate surface area is 132 Å². The molecule has 2 rings (SSSR count). The van der Waals surface area contributed by atoms with Crippen molar-refractivity contribution in [1.82, 2.24) is 0 Å². The summed E-state index contributed by atoms with van der Waals surface area (Å²) in [5, 5.41) is 4.19. The monoisotopic (exact) mass is 303 g/mol. The molecule has 0 fully saturated rings. The standard InChI is InChI=1S/C18H25NOS/c1-4-13(3)14-6-8-16(9-7-14)20-18(17(19)5-2)15-10-11-21-12-15/h6-13,17-18H,4-5,19H2,1-3H3. The van der Waals surface area contributed by atoms with Crippen LogP contribution in [0.3, 0.4) is 0 Å². The normalized spacial score (nSPS) is 15.4. The number of thiophene rings is 1. The van der Waals surface area contributed by atoms with Crippen LogP contribution in [0.15, 0.2) is 41.1 Å². The van der Waals surface area contributed by atoms with Gasteiger partial charge in [-0.15, -0.1) is 0 Å². The second-order valence-corrected chi connectivity index (χ2v) is 6.33. The van der Waals surface area contributed by atoms with Gasteiger partial charge >= 0.3 is 0 Å². The maximum Gasteiger partial charge on any atom is 0.140 e. The van der Waals surface area contributed by atoms with Crippen LogP contribution in [0.2, 0.25) is 0 Å². The van der Waals surface area contributed by atoms with E-state index in [1.165, 1.54) is 11.1 Å². The average molecular weight is 303 g/mol. The van der Waals surface area contributed by atoms with Crippen LogP contribution < -0.4 is 10.5 Å². The van der Waals surface area contributed by atoms with Crippen LogP contribution in [-0.2, 0) is 0 Å². The molecule has 2 nitrogen and oxygen atoms in total. The lowest BCUT2D eigenvalue weighted by Crippen LogP contribution is -2.31. The number of hydrogen-bond donors (Lipinski definition) is 1. The minimum absolute atomic E-state index is 0.00819. The van der Waals surface area contributed by atoms with E-state index in [2.05, 4.69) is 61.9 Å². The Morgan fingerprint density at radius 1 is 1.05 bits per heavy atom. The summed E-state index contributed by atoms with van der Waals surface area (Å²) in [6.07, 6.45) is 1.97. The number of rotatable bonds is 7. The predicted molar refractivity (Wildman–Crippen MR) is 91.1 cm³/mol. The van der Waals surface area contributed by atoms with Crippen molar-refractivity contribution in [2.45, 2.75) is 51.7 Å². The quantitative estimate of drug-likeness (QED) is 0.770. The van der Waals surface area contributed by atoms with Crippen molar-refractivity contribution < 1.29 is 4.74 Å². The summed E-state index contributed by atoms with van der Waals surface area (Å²) < 4.78 is 6.16. The van der Waals surface area contributed by atoms with Crippen LogP contribution in [0.25, 0.3) is 0 Å². The molecule has 0 spiro atoms. The molecule has 1 heterocycles. The van der Waals surface area contributed by atoms with E-state index in [0.29, 0.717) is 5.92 Å². The van der Waals surface area contributed by atoms with Gasteiger partial charge in [0.1, 0.15) is 11.9 Å². The molecule has 2 aromatic rings. The first-order valence-electron chi connectivity index (χ1n) is 7.70. The lowest BCUT2D eigenvalue weighted by atomic mass is 9.99. The van der Waals surface area contributed by atoms with Gasteiger partial charge in [0.15, 0.2) is 0 Å². The van der Waals surface area contributed by atoms with E-state index in [1.54, 1.807) is 11.3 Å². The fraction of sp³-hybridized carbons (Fsp3) is 0.444. The SMILES string of the molecule is CCC(C)c1ccc(OC(c2ccsc2)C(N)CC)cc1. The first-order chi connectivity index (χ1) is 10.2. The molecule has 3 unspecified atom stereocenters. The largest absolute Gasteiger partial charge is 0.484 e. The molecule has 0 aliphatic carbocycles. The van der Waals surface area contributed by atoms with Gasteiger partial charge in [-0.2, -0.15) is 11.3 Å². The zero-order valence-electron chi connectivity index (χ0n) is 13.1. The first-order valence-corrected chi connectivity index (χ1v) is 8.64. The summed E-state index contributed by atoms with van der Waals surface area (Å²) in [5.74, 6) is 1.48. The summed E-state index contributed by atoms with van der Waals surface area (Å²) in [6.45, 7) is 6.55. The molecule has 2 N–H and O–H groups in total. The molecule has 0 radical (unpaired) electrons. The van der Waals surface area contributed by atoms with Crippen molar-refractivity contribution in [1.29, 1.82) is 0 Å².